The SMILES string of the molecule is COc1ccc(CNC(=O)C(C)N(C)CCOc2ccc(Br)cc2)cc1. The summed E-state index contributed by atoms with van der Waals surface area (Å²) in [5.41, 5.74) is 1.03. The molecule has 2 aromatic rings. The van der Waals surface area contributed by atoms with Gasteiger partial charge in [-0.05, 0) is 55.9 Å². The maximum Gasteiger partial charge on any atom is 0.237 e. The van der Waals surface area contributed by atoms with Crippen LogP contribution in [0.1, 0.15) is 12.5 Å². The smallest absolute Gasteiger partial charge is 0.237 e. The Bertz CT molecular complexity index is 689. The second-order valence-corrected chi connectivity index (χ2v) is 6.94. The number of hydrogen-bond donors (Lipinski definition) is 1. The normalized spacial score (nSPS) is 11.9. The van der Waals surface area contributed by atoms with E-state index < -0.39 is 0 Å². The standard InChI is InChI=1S/C20H25BrN2O3/c1-15(20(24)22-14-16-4-8-18(25-3)9-5-16)23(2)12-13-26-19-10-6-17(21)7-11-19/h4-11,15H,12-14H2,1-3H3,(H,22,24). The Morgan fingerprint density at radius 2 is 1.73 bits per heavy atom. The van der Waals surface area contributed by atoms with Gasteiger partial charge in [0.2, 0.25) is 5.91 Å². The molecule has 0 aromatic heterocycles. The van der Waals surface area contributed by atoms with Crippen LogP contribution in [-0.2, 0) is 11.3 Å². The number of carbonyl (C=O) groups excluding carboxylic acids is 1. The van der Waals surface area contributed by atoms with Gasteiger partial charge in [-0.2, -0.15) is 0 Å². The largest absolute Gasteiger partial charge is 0.497 e. The molecule has 0 aliphatic rings. The minimum absolute atomic E-state index is 0.00744. The number of nitrogens with one attached hydrogen (secondary N) is 1. The van der Waals surface area contributed by atoms with Crippen LogP contribution in [0.4, 0.5) is 0 Å². The molecule has 0 fully saturated rings. The quantitative estimate of drug-likeness (QED) is 0.674. The van der Waals surface area contributed by atoms with E-state index in [-0.39, 0.29) is 11.9 Å². The highest BCUT2D eigenvalue weighted by Gasteiger charge is 2.17. The van der Waals surface area contributed by atoms with Crippen LogP contribution < -0.4 is 14.8 Å². The predicted molar refractivity (Wildman–Crippen MR) is 107 cm³/mol. The van der Waals surface area contributed by atoms with Gasteiger partial charge in [0.25, 0.3) is 0 Å². The van der Waals surface area contributed by atoms with Crippen molar-refractivity contribution >= 4 is 21.8 Å². The number of hydrogen-bond acceptors (Lipinski definition) is 4. The van der Waals surface area contributed by atoms with Crippen LogP contribution in [0, 0.1) is 0 Å². The van der Waals surface area contributed by atoms with Crippen LogP contribution in [0.2, 0.25) is 0 Å². The molecular formula is C20H25BrN2O3. The molecule has 0 radical (unpaired) electrons. The van der Waals surface area contributed by atoms with Crippen molar-refractivity contribution in [3.63, 3.8) is 0 Å². The van der Waals surface area contributed by atoms with Crippen LogP contribution in [-0.4, -0.2) is 44.2 Å². The fraction of sp³-hybridized carbons (Fsp3) is 0.350. The molecule has 140 valence electrons. The van der Waals surface area contributed by atoms with Gasteiger partial charge in [-0.1, -0.05) is 28.1 Å². The molecule has 0 aliphatic carbocycles. The van der Waals surface area contributed by atoms with Crippen molar-refractivity contribution in [3.8, 4) is 11.5 Å². The molecule has 0 heterocycles. The molecular weight excluding hydrogens is 396 g/mol. The second kappa shape index (κ2) is 10.2. The fourth-order valence-corrected chi connectivity index (χ4v) is 2.58. The van der Waals surface area contributed by atoms with Crippen molar-refractivity contribution in [1.82, 2.24) is 10.2 Å². The maximum absolute atomic E-state index is 12.3. The van der Waals surface area contributed by atoms with Crippen molar-refractivity contribution in [3.05, 3.63) is 58.6 Å². The first kappa shape index (κ1) is 20.3. The van der Waals surface area contributed by atoms with Crippen LogP contribution in [0.3, 0.4) is 0 Å². The average Bonchev–Trinajstić information content (AvgIpc) is 2.67. The monoisotopic (exact) mass is 420 g/mol. The zero-order valence-electron chi connectivity index (χ0n) is 15.4. The summed E-state index contributed by atoms with van der Waals surface area (Å²) in [6.45, 7) is 3.57. The fourth-order valence-electron chi connectivity index (χ4n) is 2.31. The van der Waals surface area contributed by atoms with Gasteiger partial charge < -0.3 is 14.8 Å². The van der Waals surface area contributed by atoms with E-state index in [0.717, 1.165) is 21.5 Å². The Morgan fingerprint density at radius 3 is 2.35 bits per heavy atom. The lowest BCUT2D eigenvalue weighted by Crippen LogP contribution is -2.44. The Labute approximate surface area is 163 Å². The highest BCUT2D eigenvalue weighted by Crippen LogP contribution is 2.16. The van der Waals surface area contributed by atoms with Crippen LogP contribution in [0.25, 0.3) is 0 Å². The Balaban J connectivity index is 1.72. The molecule has 0 saturated carbocycles. The molecule has 1 N–H and O–H groups in total. The van der Waals surface area contributed by atoms with Crippen molar-refractivity contribution in [2.24, 2.45) is 0 Å². The molecule has 2 aromatic carbocycles. The number of carbonyl (C=O) groups is 1. The summed E-state index contributed by atoms with van der Waals surface area (Å²) in [5.74, 6) is 1.61. The van der Waals surface area contributed by atoms with Gasteiger partial charge in [-0.15, -0.1) is 0 Å². The Morgan fingerprint density at radius 1 is 1.12 bits per heavy atom. The number of ether oxygens (including phenoxy) is 2. The summed E-state index contributed by atoms with van der Waals surface area (Å²) >= 11 is 3.40. The number of benzene rings is 2. The van der Waals surface area contributed by atoms with E-state index in [1.807, 2.05) is 67.4 Å². The molecule has 1 atom stereocenters. The Kier molecular flexibility index (Phi) is 7.94. The van der Waals surface area contributed by atoms with Gasteiger partial charge in [-0.25, -0.2) is 0 Å². The summed E-state index contributed by atoms with van der Waals surface area (Å²) in [7, 11) is 3.55. The third-order valence-electron chi connectivity index (χ3n) is 4.19. The van der Waals surface area contributed by atoms with Crippen molar-refractivity contribution < 1.29 is 14.3 Å². The van der Waals surface area contributed by atoms with E-state index in [0.29, 0.717) is 19.7 Å². The molecule has 2 rings (SSSR count). The third-order valence-corrected chi connectivity index (χ3v) is 4.72. The van der Waals surface area contributed by atoms with E-state index in [2.05, 4.69) is 21.2 Å². The molecule has 5 nitrogen and oxygen atoms in total. The summed E-state index contributed by atoms with van der Waals surface area (Å²) in [6, 6.07) is 15.1. The van der Waals surface area contributed by atoms with E-state index >= 15 is 0 Å². The van der Waals surface area contributed by atoms with Crippen LogP contribution in [0.15, 0.2) is 53.0 Å². The number of halogens is 1. The van der Waals surface area contributed by atoms with Crippen molar-refractivity contribution in [2.75, 3.05) is 27.3 Å². The van der Waals surface area contributed by atoms with Crippen molar-refractivity contribution in [2.45, 2.75) is 19.5 Å². The summed E-state index contributed by atoms with van der Waals surface area (Å²) < 4.78 is 11.9. The zero-order valence-corrected chi connectivity index (χ0v) is 17.0. The van der Waals surface area contributed by atoms with Crippen LogP contribution in [0.5, 0.6) is 11.5 Å². The second-order valence-electron chi connectivity index (χ2n) is 6.02. The minimum atomic E-state index is -0.234. The molecule has 0 saturated heterocycles. The minimum Gasteiger partial charge on any atom is -0.497 e. The number of methoxy groups -OCH3 is 1. The third kappa shape index (κ3) is 6.35. The summed E-state index contributed by atoms with van der Waals surface area (Å²) in [4.78, 5) is 14.3. The number of nitrogens with zero attached hydrogens (tertiary/aromatic N) is 1. The maximum atomic E-state index is 12.3. The Hall–Kier alpha value is -2.05. The van der Waals surface area contributed by atoms with Gasteiger partial charge >= 0.3 is 0 Å². The van der Waals surface area contributed by atoms with Crippen molar-refractivity contribution in [1.29, 1.82) is 0 Å². The number of amides is 1. The first-order valence-corrected chi connectivity index (χ1v) is 9.28. The van der Waals surface area contributed by atoms with E-state index in [1.54, 1.807) is 7.11 Å². The van der Waals surface area contributed by atoms with Gasteiger partial charge in [0, 0.05) is 17.6 Å². The lowest BCUT2D eigenvalue weighted by molar-refractivity contribution is -0.125. The topological polar surface area (TPSA) is 50.8 Å². The van der Waals surface area contributed by atoms with E-state index in [1.165, 1.54) is 0 Å². The lowest BCUT2D eigenvalue weighted by atomic mass is 10.2. The van der Waals surface area contributed by atoms with Gasteiger partial charge in [0.1, 0.15) is 18.1 Å². The van der Waals surface area contributed by atoms with Gasteiger partial charge in [-0.3, -0.25) is 9.69 Å². The first-order chi connectivity index (χ1) is 12.5. The van der Waals surface area contributed by atoms with E-state index in [4.69, 9.17) is 9.47 Å². The lowest BCUT2D eigenvalue weighted by Gasteiger charge is -2.24. The predicted octanol–water partition coefficient (Wildman–Crippen LogP) is 3.47. The van der Waals surface area contributed by atoms with Gasteiger partial charge in [0.05, 0.1) is 13.2 Å². The first-order valence-electron chi connectivity index (χ1n) is 8.49. The average molecular weight is 421 g/mol. The highest BCUT2D eigenvalue weighted by molar-refractivity contribution is 9.10. The molecule has 26 heavy (non-hydrogen) atoms. The summed E-state index contributed by atoms with van der Waals surface area (Å²) in [5, 5.41) is 2.96. The molecule has 0 aliphatic heterocycles. The summed E-state index contributed by atoms with van der Waals surface area (Å²) in [6.07, 6.45) is 0. The molecule has 1 unspecified atom stereocenters. The zero-order chi connectivity index (χ0) is 18.9. The highest BCUT2D eigenvalue weighted by atomic mass is 79.9. The molecule has 6 heteroatoms. The van der Waals surface area contributed by atoms with Gasteiger partial charge in [0.15, 0.2) is 0 Å². The van der Waals surface area contributed by atoms with E-state index in [9.17, 15) is 4.79 Å². The van der Waals surface area contributed by atoms with Crippen LogP contribution >= 0.6 is 15.9 Å². The molecule has 0 bridgehead atoms. The molecule has 1 amide bonds. The number of likely N-dealkylation sites (N-methyl/N-ethyl adjacent to an activating group) is 1. The number of rotatable bonds is 9. The molecule has 0 spiro atoms.